The minimum atomic E-state index is -0.781. The van der Waals surface area contributed by atoms with E-state index in [2.05, 4.69) is 6.92 Å². The molecule has 1 N–H and O–H groups in total. The van der Waals surface area contributed by atoms with Gasteiger partial charge in [-0.1, -0.05) is 6.07 Å². The highest BCUT2D eigenvalue weighted by molar-refractivity contribution is 5.87. The van der Waals surface area contributed by atoms with Crippen LogP contribution in [-0.4, -0.2) is 17.8 Å². The normalized spacial score (nSPS) is 15.9. The Morgan fingerprint density at radius 1 is 1.30 bits per heavy atom. The Hall–Kier alpha value is -1.81. The number of rotatable bonds is 3. The van der Waals surface area contributed by atoms with Gasteiger partial charge in [0.2, 0.25) is 0 Å². The monoisotopic (exact) mass is 273 g/mol. The average Bonchev–Trinajstić information content (AvgIpc) is 2.45. The van der Waals surface area contributed by atoms with Crippen LogP contribution in [0.5, 0.6) is 5.75 Å². The van der Waals surface area contributed by atoms with Crippen LogP contribution in [-0.2, 0) is 12.8 Å². The van der Waals surface area contributed by atoms with Crippen LogP contribution in [0.3, 0.4) is 0 Å². The minimum absolute atomic E-state index is 0.118. The molecule has 1 atom stereocenters. The standard InChI is InChI=1S/C16H17O4/c1-10(17)9-19-13-7-4-8-14-15(13)11-5-2-3-6-12(11)16(18)20-14/h4,7-8,10,17H,1-3,5-6,9H2. The van der Waals surface area contributed by atoms with Crippen LogP contribution in [0.15, 0.2) is 27.4 Å². The second-order valence-electron chi connectivity index (χ2n) is 5.15. The predicted octanol–water partition coefficient (Wildman–Crippen LogP) is 2.25. The van der Waals surface area contributed by atoms with Crippen LogP contribution in [0.4, 0.5) is 0 Å². The fraction of sp³-hybridized carbons (Fsp3) is 0.375. The number of aliphatic hydroxyl groups excluding tert-OH is 1. The molecule has 4 nitrogen and oxygen atoms in total. The molecule has 0 saturated heterocycles. The topological polar surface area (TPSA) is 59.7 Å². The quantitative estimate of drug-likeness (QED) is 0.871. The Labute approximate surface area is 117 Å². The van der Waals surface area contributed by atoms with Crippen molar-refractivity contribution in [2.75, 3.05) is 6.61 Å². The SMILES string of the molecule is [CH2]C(O)COc1cccc2oc(=O)c3c(c12)CCCC3. The smallest absolute Gasteiger partial charge is 0.339 e. The molecule has 1 heterocycles. The number of fused-ring (bicyclic) bond motifs is 3. The van der Waals surface area contributed by atoms with E-state index in [1.165, 1.54) is 0 Å². The molecule has 105 valence electrons. The molecule has 1 aromatic carbocycles. The molecule has 2 aromatic rings. The third kappa shape index (κ3) is 2.31. The minimum Gasteiger partial charge on any atom is -0.490 e. The van der Waals surface area contributed by atoms with Gasteiger partial charge in [-0.2, -0.15) is 0 Å². The summed E-state index contributed by atoms with van der Waals surface area (Å²) in [5.41, 5.74) is 2.12. The maximum absolute atomic E-state index is 12.0. The summed E-state index contributed by atoms with van der Waals surface area (Å²) in [5.74, 6) is 0.645. The first-order valence-electron chi connectivity index (χ1n) is 6.88. The van der Waals surface area contributed by atoms with Crippen LogP contribution < -0.4 is 10.4 Å². The summed E-state index contributed by atoms with van der Waals surface area (Å²) in [6.45, 7) is 3.61. The molecular weight excluding hydrogens is 256 g/mol. The van der Waals surface area contributed by atoms with Crippen molar-refractivity contribution in [3.05, 3.63) is 46.7 Å². The molecule has 0 spiro atoms. The Balaban J connectivity index is 2.18. The Morgan fingerprint density at radius 2 is 2.05 bits per heavy atom. The molecule has 1 aliphatic carbocycles. The zero-order chi connectivity index (χ0) is 14.1. The van der Waals surface area contributed by atoms with E-state index in [0.29, 0.717) is 11.3 Å². The molecule has 0 bridgehead atoms. The summed E-state index contributed by atoms with van der Waals surface area (Å²) >= 11 is 0. The van der Waals surface area contributed by atoms with Crippen molar-refractivity contribution in [1.29, 1.82) is 0 Å². The van der Waals surface area contributed by atoms with E-state index in [1.54, 1.807) is 12.1 Å². The lowest BCUT2D eigenvalue weighted by atomic mass is 9.90. The van der Waals surface area contributed by atoms with Gasteiger partial charge in [-0.05, 0) is 50.3 Å². The zero-order valence-corrected chi connectivity index (χ0v) is 11.2. The van der Waals surface area contributed by atoms with Gasteiger partial charge in [0.1, 0.15) is 17.9 Å². The number of hydrogen-bond acceptors (Lipinski definition) is 4. The zero-order valence-electron chi connectivity index (χ0n) is 11.2. The van der Waals surface area contributed by atoms with Crippen LogP contribution in [0.25, 0.3) is 11.0 Å². The van der Waals surface area contributed by atoms with Crippen molar-refractivity contribution in [3.8, 4) is 5.75 Å². The van der Waals surface area contributed by atoms with Crippen molar-refractivity contribution < 1.29 is 14.3 Å². The molecule has 20 heavy (non-hydrogen) atoms. The fourth-order valence-corrected chi connectivity index (χ4v) is 2.77. The summed E-state index contributed by atoms with van der Waals surface area (Å²) < 4.78 is 11.0. The van der Waals surface area contributed by atoms with Gasteiger partial charge in [0.25, 0.3) is 0 Å². The van der Waals surface area contributed by atoms with Gasteiger partial charge in [-0.25, -0.2) is 4.79 Å². The molecule has 1 aliphatic rings. The Bertz CT molecular complexity index is 685. The Morgan fingerprint density at radius 3 is 2.80 bits per heavy atom. The third-order valence-electron chi connectivity index (χ3n) is 3.64. The summed E-state index contributed by atoms with van der Waals surface area (Å²) in [6.07, 6.45) is 2.93. The van der Waals surface area contributed by atoms with Gasteiger partial charge in [0.15, 0.2) is 0 Å². The molecule has 3 rings (SSSR count). The van der Waals surface area contributed by atoms with E-state index in [9.17, 15) is 9.90 Å². The van der Waals surface area contributed by atoms with Crippen LogP contribution in [0.2, 0.25) is 0 Å². The maximum Gasteiger partial charge on any atom is 0.339 e. The molecule has 0 saturated carbocycles. The Kier molecular flexibility index (Phi) is 3.49. The molecule has 0 fully saturated rings. The molecule has 1 radical (unpaired) electrons. The summed E-state index contributed by atoms with van der Waals surface area (Å²) in [6, 6.07) is 5.39. The van der Waals surface area contributed by atoms with E-state index < -0.39 is 6.10 Å². The van der Waals surface area contributed by atoms with Crippen molar-refractivity contribution >= 4 is 11.0 Å². The summed E-state index contributed by atoms with van der Waals surface area (Å²) in [5, 5.41) is 10.1. The molecular formula is C16H17O4. The number of hydrogen-bond donors (Lipinski definition) is 1. The van der Waals surface area contributed by atoms with Crippen molar-refractivity contribution in [1.82, 2.24) is 0 Å². The summed E-state index contributed by atoms with van der Waals surface area (Å²) in [4.78, 5) is 12.0. The van der Waals surface area contributed by atoms with Gasteiger partial charge >= 0.3 is 5.63 Å². The van der Waals surface area contributed by atoms with E-state index in [-0.39, 0.29) is 12.2 Å². The van der Waals surface area contributed by atoms with Crippen molar-refractivity contribution in [2.45, 2.75) is 31.8 Å². The number of aliphatic hydroxyl groups is 1. The van der Waals surface area contributed by atoms with Gasteiger partial charge < -0.3 is 14.3 Å². The second-order valence-corrected chi connectivity index (χ2v) is 5.15. The van der Waals surface area contributed by atoms with Gasteiger partial charge in [0.05, 0.1) is 11.5 Å². The van der Waals surface area contributed by atoms with E-state index >= 15 is 0 Å². The first-order valence-corrected chi connectivity index (χ1v) is 6.88. The summed E-state index contributed by atoms with van der Waals surface area (Å²) in [7, 11) is 0. The van der Waals surface area contributed by atoms with Crippen LogP contribution in [0, 0.1) is 6.92 Å². The average molecular weight is 273 g/mol. The lowest BCUT2D eigenvalue weighted by Gasteiger charge is -2.18. The molecule has 1 aromatic heterocycles. The largest absolute Gasteiger partial charge is 0.490 e. The van der Waals surface area contributed by atoms with Gasteiger partial charge in [-0.15, -0.1) is 0 Å². The highest BCUT2D eigenvalue weighted by Crippen LogP contribution is 2.33. The van der Waals surface area contributed by atoms with Crippen LogP contribution >= 0.6 is 0 Å². The predicted molar refractivity (Wildman–Crippen MR) is 76.0 cm³/mol. The van der Waals surface area contributed by atoms with E-state index in [4.69, 9.17) is 9.15 Å². The molecule has 4 heteroatoms. The van der Waals surface area contributed by atoms with Crippen molar-refractivity contribution in [3.63, 3.8) is 0 Å². The number of ether oxygens (including phenoxy) is 1. The third-order valence-corrected chi connectivity index (χ3v) is 3.64. The lowest BCUT2D eigenvalue weighted by Crippen LogP contribution is -2.17. The van der Waals surface area contributed by atoms with E-state index in [0.717, 1.165) is 42.2 Å². The highest BCUT2D eigenvalue weighted by atomic mass is 16.5. The second kappa shape index (κ2) is 5.29. The number of benzene rings is 1. The first-order chi connectivity index (χ1) is 9.66. The maximum atomic E-state index is 12.0. The van der Waals surface area contributed by atoms with E-state index in [1.807, 2.05) is 6.07 Å². The van der Waals surface area contributed by atoms with Crippen molar-refractivity contribution in [2.24, 2.45) is 0 Å². The van der Waals surface area contributed by atoms with Crippen LogP contribution in [0.1, 0.15) is 24.0 Å². The lowest BCUT2D eigenvalue weighted by molar-refractivity contribution is 0.143. The fourth-order valence-electron chi connectivity index (χ4n) is 2.77. The molecule has 1 unspecified atom stereocenters. The van der Waals surface area contributed by atoms with Gasteiger partial charge in [0, 0.05) is 5.56 Å². The highest BCUT2D eigenvalue weighted by Gasteiger charge is 2.20. The number of aryl methyl sites for hydroxylation is 1. The molecule has 0 amide bonds. The first kappa shape index (κ1) is 13.2. The van der Waals surface area contributed by atoms with Gasteiger partial charge in [-0.3, -0.25) is 0 Å². The molecule has 0 aliphatic heterocycles.